The van der Waals surface area contributed by atoms with Gasteiger partial charge in [0.25, 0.3) is 0 Å². The molecule has 198 valence electrons. The maximum atomic E-state index is 13.3. The summed E-state index contributed by atoms with van der Waals surface area (Å²) in [5, 5.41) is 13.0. The monoisotopic (exact) mass is 485 g/mol. The number of nitrogens with one attached hydrogen (secondary N) is 1. The number of carbonyl (C=O) groups is 2. The largest absolute Gasteiger partial charge is 0.396 e. The first kappa shape index (κ1) is 25.7. The van der Waals surface area contributed by atoms with Crippen LogP contribution in [-0.2, 0) is 9.59 Å². The fraction of sp³-hybridized carbons (Fsp3) is 0.935. The average Bonchev–Trinajstić information content (AvgIpc) is 3.06. The van der Waals surface area contributed by atoms with E-state index in [2.05, 4.69) is 19.2 Å². The molecule has 0 spiro atoms. The Balaban J connectivity index is 1.07. The number of aliphatic hydroxyl groups is 1. The molecule has 7 aliphatic rings. The molecule has 7 rings (SSSR count). The van der Waals surface area contributed by atoms with E-state index < -0.39 is 0 Å². The third kappa shape index (κ3) is 6.33. The molecule has 4 nitrogen and oxygen atoms in total. The van der Waals surface area contributed by atoms with Crippen molar-refractivity contribution in [2.45, 2.75) is 129 Å². The fourth-order valence-corrected chi connectivity index (χ4v) is 9.65. The lowest BCUT2D eigenvalue weighted by Gasteiger charge is -2.57. The van der Waals surface area contributed by atoms with Gasteiger partial charge in [0.1, 0.15) is 5.78 Å². The lowest BCUT2D eigenvalue weighted by molar-refractivity contribution is -0.128. The molecule has 2 N–H and O–H groups in total. The summed E-state index contributed by atoms with van der Waals surface area (Å²) in [4.78, 5) is 25.8. The smallest absolute Gasteiger partial charge is 0.220 e. The Hall–Kier alpha value is -0.900. The molecular weight excluding hydrogens is 434 g/mol. The first-order chi connectivity index (χ1) is 16.7. The van der Waals surface area contributed by atoms with E-state index in [0.29, 0.717) is 35.9 Å². The number of Topliss-reactive ketones (excluding diaryl/α,β-unsaturated/α-hetero) is 1. The summed E-state index contributed by atoms with van der Waals surface area (Å²) in [5.41, 5.74) is 0.0720. The van der Waals surface area contributed by atoms with E-state index in [-0.39, 0.29) is 17.6 Å². The maximum Gasteiger partial charge on any atom is 0.220 e. The lowest BCUT2D eigenvalue weighted by atomic mass is 9.53. The molecule has 7 aliphatic carbocycles. The zero-order valence-electron chi connectivity index (χ0n) is 22.5. The fourth-order valence-electron chi connectivity index (χ4n) is 9.65. The van der Waals surface area contributed by atoms with Gasteiger partial charge in [-0.2, -0.15) is 0 Å². The third-order valence-corrected chi connectivity index (χ3v) is 11.0. The van der Waals surface area contributed by atoms with Crippen LogP contribution in [0, 0.1) is 46.8 Å². The average molecular weight is 486 g/mol. The molecule has 1 amide bonds. The molecule has 0 aromatic carbocycles. The molecule has 0 heterocycles. The normalized spacial score (nSPS) is 40.0. The topological polar surface area (TPSA) is 66.4 Å². The minimum absolute atomic E-state index is 0.0717. The Labute approximate surface area is 213 Å². The van der Waals surface area contributed by atoms with E-state index in [9.17, 15) is 14.7 Å². The SMILES string of the molecule is CC(C)(CO)CCCC(=O)CCC1C[C@@H]2CC[C@H]1C[C@H](CC(=O)NC13CC4CC(CC(C4)C1)C3)C2. The Bertz CT molecular complexity index is 738. The molecule has 6 bridgehead atoms. The van der Waals surface area contributed by atoms with Gasteiger partial charge in [0.05, 0.1) is 0 Å². The zero-order chi connectivity index (χ0) is 24.6. The minimum Gasteiger partial charge on any atom is -0.396 e. The molecule has 0 aromatic rings. The van der Waals surface area contributed by atoms with E-state index >= 15 is 0 Å². The molecular formula is C31H51NO3. The lowest BCUT2D eigenvalue weighted by Crippen LogP contribution is -2.60. The van der Waals surface area contributed by atoms with Gasteiger partial charge in [0.2, 0.25) is 5.91 Å². The summed E-state index contributed by atoms with van der Waals surface area (Å²) in [6.45, 7) is 4.33. The first-order valence-electron chi connectivity index (χ1n) is 15.1. The van der Waals surface area contributed by atoms with Gasteiger partial charge in [-0.15, -0.1) is 0 Å². The van der Waals surface area contributed by atoms with Gasteiger partial charge in [-0.25, -0.2) is 0 Å². The summed E-state index contributed by atoms with van der Waals surface area (Å²) in [6.07, 6.45) is 19.3. The molecule has 4 heteroatoms. The second-order valence-electron chi connectivity index (χ2n) is 14.7. The van der Waals surface area contributed by atoms with Crippen LogP contribution in [0.5, 0.6) is 0 Å². The number of fused-ring (bicyclic) bond motifs is 4. The molecule has 4 atom stereocenters. The highest BCUT2D eigenvalue weighted by molar-refractivity contribution is 5.78. The Morgan fingerprint density at radius 2 is 1.57 bits per heavy atom. The van der Waals surface area contributed by atoms with Gasteiger partial charge >= 0.3 is 0 Å². The highest BCUT2D eigenvalue weighted by atomic mass is 16.3. The van der Waals surface area contributed by atoms with Crippen LogP contribution in [-0.4, -0.2) is 28.9 Å². The van der Waals surface area contributed by atoms with E-state index in [1.165, 1.54) is 70.6 Å². The highest BCUT2D eigenvalue weighted by Gasteiger charge is 2.51. The van der Waals surface area contributed by atoms with Crippen LogP contribution in [0.15, 0.2) is 0 Å². The number of hydrogen-bond acceptors (Lipinski definition) is 3. The van der Waals surface area contributed by atoms with Crippen LogP contribution in [0.3, 0.4) is 0 Å². The van der Waals surface area contributed by atoms with Gasteiger partial charge < -0.3 is 10.4 Å². The quantitative estimate of drug-likeness (QED) is 0.354. The van der Waals surface area contributed by atoms with E-state index in [1.807, 2.05) is 0 Å². The van der Waals surface area contributed by atoms with Crippen LogP contribution >= 0.6 is 0 Å². The third-order valence-electron chi connectivity index (χ3n) is 11.0. The van der Waals surface area contributed by atoms with Crippen LogP contribution < -0.4 is 5.32 Å². The first-order valence-corrected chi connectivity index (χ1v) is 15.1. The molecule has 35 heavy (non-hydrogen) atoms. The summed E-state index contributed by atoms with van der Waals surface area (Å²) in [5.74, 6) is 6.08. The molecule has 0 radical (unpaired) electrons. The Morgan fingerprint density at radius 1 is 0.886 bits per heavy atom. The second kappa shape index (κ2) is 10.5. The number of amides is 1. The Kier molecular flexibility index (Phi) is 7.69. The number of hydrogen-bond donors (Lipinski definition) is 2. The number of rotatable bonds is 11. The van der Waals surface area contributed by atoms with Crippen molar-refractivity contribution < 1.29 is 14.7 Å². The second-order valence-corrected chi connectivity index (χ2v) is 14.7. The molecule has 7 saturated carbocycles. The van der Waals surface area contributed by atoms with E-state index in [1.54, 1.807) is 0 Å². The van der Waals surface area contributed by atoms with Gasteiger partial charge in [0, 0.05) is 31.4 Å². The van der Waals surface area contributed by atoms with Crippen LogP contribution in [0.4, 0.5) is 0 Å². The van der Waals surface area contributed by atoms with Crippen molar-refractivity contribution in [2.75, 3.05) is 6.61 Å². The van der Waals surface area contributed by atoms with Gasteiger partial charge in [-0.1, -0.05) is 20.3 Å². The molecule has 1 unspecified atom stereocenters. The van der Waals surface area contributed by atoms with Crippen LogP contribution in [0.2, 0.25) is 0 Å². The minimum atomic E-state index is -0.0717. The number of ketones is 1. The van der Waals surface area contributed by atoms with Gasteiger partial charge in [-0.05, 0) is 130 Å². The Morgan fingerprint density at radius 3 is 2.23 bits per heavy atom. The van der Waals surface area contributed by atoms with Crippen LogP contribution in [0.25, 0.3) is 0 Å². The van der Waals surface area contributed by atoms with Gasteiger partial charge in [0.15, 0.2) is 0 Å². The van der Waals surface area contributed by atoms with Crippen LogP contribution in [0.1, 0.15) is 123 Å². The van der Waals surface area contributed by atoms with Gasteiger partial charge in [-0.3, -0.25) is 9.59 Å². The van der Waals surface area contributed by atoms with Crippen molar-refractivity contribution in [3.63, 3.8) is 0 Å². The molecule has 7 fully saturated rings. The van der Waals surface area contributed by atoms with Crippen molar-refractivity contribution in [3.05, 3.63) is 0 Å². The number of aliphatic hydroxyl groups excluding tert-OH is 1. The van der Waals surface area contributed by atoms with E-state index in [4.69, 9.17) is 0 Å². The van der Waals surface area contributed by atoms with Crippen molar-refractivity contribution in [3.8, 4) is 0 Å². The zero-order valence-corrected chi connectivity index (χ0v) is 22.5. The summed E-state index contributed by atoms with van der Waals surface area (Å²) < 4.78 is 0. The molecule has 0 aliphatic heterocycles. The summed E-state index contributed by atoms with van der Waals surface area (Å²) in [7, 11) is 0. The summed E-state index contributed by atoms with van der Waals surface area (Å²) >= 11 is 0. The predicted molar refractivity (Wildman–Crippen MR) is 140 cm³/mol. The molecule has 0 saturated heterocycles. The van der Waals surface area contributed by atoms with Crippen molar-refractivity contribution in [1.82, 2.24) is 5.32 Å². The predicted octanol–water partition coefficient (Wildman–Crippen LogP) is 6.44. The highest BCUT2D eigenvalue weighted by Crippen LogP contribution is 2.56. The van der Waals surface area contributed by atoms with E-state index in [0.717, 1.165) is 55.8 Å². The van der Waals surface area contributed by atoms with Crippen molar-refractivity contribution >= 4 is 11.7 Å². The number of carbonyl (C=O) groups excluding carboxylic acids is 2. The maximum absolute atomic E-state index is 13.3. The van der Waals surface area contributed by atoms with Crippen molar-refractivity contribution in [1.29, 1.82) is 0 Å². The summed E-state index contributed by atoms with van der Waals surface area (Å²) in [6, 6.07) is 0. The standard InChI is InChI=1S/C31H51NO3/c1-30(2,20-33)9-3-4-28(34)8-7-27-14-21-5-6-26(27)15-22(10-21)16-29(35)32-31-17-23-11-24(18-31)13-25(12-23)19-31/h21-27,33H,3-20H2,1-2H3,(H,32,35)/t21-,22-,23?,24?,25?,26+,27?,31?/m1/s1. The van der Waals surface area contributed by atoms with Crippen molar-refractivity contribution in [2.24, 2.45) is 46.8 Å². The molecule has 0 aromatic heterocycles.